The van der Waals surface area contributed by atoms with Gasteiger partial charge in [0.2, 0.25) is 5.95 Å². The van der Waals surface area contributed by atoms with Gasteiger partial charge in [0.15, 0.2) is 5.58 Å². The van der Waals surface area contributed by atoms with E-state index in [1.807, 2.05) is 42.5 Å². The zero-order valence-corrected chi connectivity index (χ0v) is 19.7. The highest BCUT2D eigenvalue weighted by atomic mass is 16.5. The van der Waals surface area contributed by atoms with E-state index < -0.39 is 0 Å². The summed E-state index contributed by atoms with van der Waals surface area (Å²) in [5, 5.41) is 8.36. The Bertz CT molecular complexity index is 1300. The van der Waals surface area contributed by atoms with Crippen LogP contribution in [0.25, 0.3) is 22.4 Å². The van der Waals surface area contributed by atoms with Crippen molar-refractivity contribution in [2.45, 2.75) is 18.9 Å². The van der Waals surface area contributed by atoms with Crippen LogP contribution in [0.5, 0.6) is 5.75 Å². The number of likely N-dealkylation sites (N-methyl/N-ethyl adjacent to an activating group) is 1. The number of ether oxygens (including phenoxy) is 1. The van der Waals surface area contributed by atoms with Crippen molar-refractivity contribution in [3.05, 3.63) is 48.7 Å². The van der Waals surface area contributed by atoms with Crippen molar-refractivity contribution in [2.75, 3.05) is 50.2 Å². The second-order valence-corrected chi connectivity index (χ2v) is 8.78. The van der Waals surface area contributed by atoms with Crippen LogP contribution < -0.4 is 20.7 Å². The lowest BCUT2D eigenvalue weighted by Crippen LogP contribution is -2.37. The summed E-state index contributed by atoms with van der Waals surface area (Å²) in [6.45, 7) is 1.97. The van der Waals surface area contributed by atoms with Gasteiger partial charge in [-0.25, -0.2) is 9.97 Å². The molecule has 0 amide bonds. The SMILES string of the molecule is COc1cc(N2CCC[C@H]2CN(C)C)c(N)cc1Nc1nccc(-c2noc3ccccc23)n1. The number of benzene rings is 2. The van der Waals surface area contributed by atoms with Crippen molar-refractivity contribution in [3.63, 3.8) is 0 Å². The van der Waals surface area contributed by atoms with Crippen LogP contribution in [0.3, 0.4) is 0 Å². The zero-order valence-electron chi connectivity index (χ0n) is 19.7. The zero-order chi connectivity index (χ0) is 23.7. The molecule has 1 aliphatic heterocycles. The van der Waals surface area contributed by atoms with Crippen LogP contribution in [0.2, 0.25) is 0 Å². The lowest BCUT2D eigenvalue weighted by atomic mass is 10.1. The fourth-order valence-electron chi connectivity index (χ4n) is 4.61. The van der Waals surface area contributed by atoms with Crippen molar-refractivity contribution in [3.8, 4) is 17.1 Å². The number of rotatable bonds is 7. The van der Waals surface area contributed by atoms with E-state index in [2.05, 4.69) is 44.3 Å². The van der Waals surface area contributed by atoms with E-state index in [1.54, 1.807) is 13.3 Å². The third-order valence-electron chi connectivity index (χ3n) is 6.13. The van der Waals surface area contributed by atoms with Crippen molar-refractivity contribution in [1.82, 2.24) is 20.0 Å². The molecule has 3 heterocycles. The predicted octanol–water partition coefficient (Wildman–Crippen LogP) is 4.15. The standard InChI is InChI=1S/C25H29N7O2/c1-31(2)15-16-7-6-12-32(16)21-14-23(33-3)20(13-18(21)26)29-25-27-11-10-19(28-25)24-17-8-4-5-9-22(17)34-30-24/h4-5,8-11,13-14,16H,6-7,12,15,26H2,1-3H3,(H,27,28,29)/t16-/m0/s1. The van der Waals surface area contributed by atoms with Crippen molar-refractivity contribution < 1.29 is 9.26 Å². The Hall–Kier alpha value is -3.85. The third-order valence-corrected chi connectivity index (χ3v) is 6.13. The normalized spacial score (nSPS) is 15.9. The third kappa shape index (κ3) is 4.22. The largest absolute Gasteiger partial charge is 0.494 e. The topological polar surface area (TPSA) is 106 Å². The maximum Gasteiger partial charge on any atom is 0.227 e. The Morgan fingerprint density at radius 3 is 2.91 bits per heavy atom. The highest BCUT2D eigenvalue weighted by Crippen LogP contribution is 2.39. The Morgan fingerprint density at radius 1 is 1.24 bits per heavy atom. The van der Waals surface area contributed by atoms with Crippen LogP contribution in [-0.4, -0.2) is 60.4 Å². The first-order chi connectivity index (χ1) is 16.5. The number of nitrogens with one attached hydrogen (secondary N) is 1. The fraction of sp³-hybridized carbons (Fsp3) is 0.320. The molecule has 9 nitrogen and oxygen atoms in total. The average molecular weight is 460 g/mol. The highest BCUT2D eigenvalue weighted by Gasteiger charge is 2.27. The number of methoxy groups -OCH3 is 1. The first-order valence-corrected chi connectivity index (χ1v) is 11.4. The van der Waals surface area contributed by atoms with Gasteiger partial charge < -0.3 is 30.1 Å². The Morgan fingerprint density at radius 2 is 2.09 bits per heavy atom. The van der Waals surface area contributed by atoms with Crippen LogP contribution in [0.15, 0.2) is 53.2 Å². The lowest BCUT2D eigenvalue weighted by molar-refractivity contribution is 0.372. The molecular formula is C25H29N7O2. The minimum absolute atomic E-state index is 0.418. The number of hydrogen-bond donors (Lipinski definition) is 2. The summed E-state index contributed by atoms with van der Waals surface area (Å²) in [6, 6.07) is 13.8. The number of nitrogens with zero attached hydrogens (tertiary/aromatic N) is 5. The van der Waals surface area contributed by atoms with Gasteiger partial charge in [0.25, 0.3) is 0 Å². The quantitative estimate of drug-likeness (QED) is 0.394. The van der Waals surface area contributed by atoms with Crippen molar-refractivity contribution in [1.29, 1.82) is 0 Å². The molecule has 0 saturated carbocycles. The summed E-state index contributed by atoms with van der Waals surface area (Å²) in [7, 11) is 5.85. The molecule has 1 aliphatic rings. The van der Waals surface area contributed by atoms with E-state index in [9.17, 15) is 0 Å². The molecule has 0 spiro atoms. The number of aromatic nitrogens is 3. The van der Waals surface area contributed by atoms with Crippen LogP contribution >= 0.6 is 0 Å². The fourth-order valence-corrected chi connectivity index (χ4v) is 4.61. The van der Waals surface area contributed by atoms with E-state index in [-0.39, 0.29) is 0 Å². The van der Waals surface area contributed by atoms with Crippen molar-refractivity contribution in [2.24, 2.45) is 0 Å². The highest BCUT2D eigenvalue weighted by molar-refractivity contribution is 5.90. The molecule has 0 aliphatic carbocycles. The summed E-state index contributed by atoms with van der Waals surface area (Å²) in [5.74, 6) is 1.10. The van der Waals surface area contributed by atoms with Gasteiger partial charge in [-0.15, -0.1) is 0 Å². The number of fused-ring (bicyclic) bond motifs is 1. The van der Waals surface area contributed by atoms with Gasteiger partial charge >= 0.3 is 0 Å². The number of nitrogens with two attached hydrogens (primary N) is 1. The summed E-state index contributed by atoms with van der Waals surface area (Å²) >= 11 is 0. The Kier molecular flexibility index (Phi) is 5.93. The molecule has 3 N–H and O–H groups in total. The smallest absolute Gasteiger partial charge is 0.227 e. The van der Waals surface area contributed by atoms with Crippen molar-refractivity contribution >= 4 is 34.0 Å². The van der Waals surface area contributed by atoms with Crippen LogP contribution in [-0.2, 0) is 0 Å². The summed E-state index contributed by atoms with van der Waals surface area (Å²) in [5.41, 5.74) is 11.0. The molecule has 2 aromatic carbocycles. The predicted molar refractivity (Wildman–Crippen MR) is 135 cm³/mol. The van der Waals surface area contributed by atoms with Crippen LogP contribution in [0.1, 0.15) is 12.8 Å². The van der Waals surface area contributed by atoms with Gasteiger partial charge in [-0.1, -0.05) is 17.3 Å². The van der Waals surface area contributed by atoms with Gasteiger partial charge in [-0.05, 0) is 51.2 Å². The summed E-state index contributed by atoms with van der Waals surface area (Å²) in [4.78, 5) is 13.6. The summed E-state index contributed by atoms with van der Waals surface area (Å²) < 4.78 is 11.1. The molecule has 0 bridgehead atoms. The number of para-hydroxylation sites is 1. The van der Waals surface area contributed by atoms with Gasteiger partial charge in [0.1, 0.15) is 11.4 Å². The molecule has 2 aromatic heterocycles. The minimum Gasteiger partial charge on any atom is -0.494 e. The number of hydrogen-bond acceptors (Lipinski definition) is 9. The first-order valence-electron chi connectivity index (χ1n) is 11.4. The molecule has 9 heteroatoms. The van der Waals surface area contributed by atoms with Gasteiger partial charge in [0.05, 0.1) is 35.3 Å². The van der Waals surface area contributed by atoms with Crippen LogP contribution in [0.4, 0.5) is 23.0 Å². The molecule has 34 heavy (non-hydrogen) atoms. The second-order valence-electron chi connectivity index (χ2n) is 8.78. The van der Waals surface area contributed by atoms with E-state index >= 15 is 0 Å². The minimum atomic E-state index is 0.418. The maximum absolute atomic E-state index is 6.53. The average Bonchev–Trinajstić information content (AvgIpc) is 3.46. The van der Waals surface area contributed by atoms with Gasteiger partial charge in [0, 0.05) is 31.4 Å². The number of anilines is 4. The van der Waals surface area contributed by atoms with Gasteiger partial charge in [-0.3, -0.25) is 0 Å². The monoisotopic (exact) mass is 459 g/mol. The molecule has 5 rings (SSSR count). The second kappa shape index (κ2) is 9.18. The molecule has 1 atom stereocenters. The summed E-state index contributed by atoms with van der Waals surface area (Å²) in [6.07, 6.45) is 3.99. The van der Waals surface area contributed by atoms with E-state index in [4.69, 9.17) is 15.0 Å². The van der Waals surface area contributed by atoms with Crippen LogP contribution in [0, 0.1) is 0 Å². The van der Waals surface area contributed by atoms with E-state index in [1.165, 1.54) is 0 Å². The Labute approximate surface area is 198 Å². The molecular weight excluding hydrogens is 430 g/mol. The molecule has 176 valence electrons. The van der Waals surface area contributed by atoms with E-state index in [0.717, 1.165) is 37.0 Å². The molecule has 0 radical (unpaired) electrons. The Balaban J connectivity index is 1.44. The maximum atomic E-state index is 6.53. The molecule has 1 saturated heterocycles. The first kappa shape index (κ1) is 22.0. The molecule has 4 aromatic rings. The van der Waals surface area contributed by atoms with Gasteiger partial charge in [-0.2, -0.15) is 0 Å². The number of nitrogen functional groups attached to an aromatic ring is 1. The molecule has 1 fully saturated rings. The molecule has 0 unspecified atom stereocenters. The lowest BCUT2D eigenvalue weighted by Gasteiger charge is -2.30. The van der Waals surface area contributed by atoms with E-state index in [0.29, 0.717) is 46.1 Å².